The largest absolute Gasteiger partial charge is 0.480 e. The number of hydrogen-bond donors (Lipinski definition) is 1. The first-order chi connectivity index (χ1) is 22.5. The van der Waals surface area contributed by atoms with Gasteiger partial charge in [-0.15, -0.1) is 0 Å². The average Bonchev–Trinajstić information content (AvgIpc) is 3.03. The van der Waals surface area contributed by atoms with Gasteiger partial charge in [-0.3, -0.25) is 13.8 Å². The number of carboxylic acids is 1. The van der Waals surface area contributed by atoms with Crippen molar-refractivity contribution in [2.24, 2.45) is 0 Å². The molecule has 0 unspecified atom stereocenters. The summed E-state index contributed by atoms with van der Waals surface area (Å²) in [6.45, 7) is 4.82. The van der Waals surface area contributed by atoms with Crippen molar-refractivity contribution in [1.29, 1.82) is 0 Å². The third kappa shape index (κ3) is 31.6. The Hall–Kier alpha value is -0.940. The number of aliphatic carboxylic acids is 1. The highest BCUT2D eigenvalue weighted by atomic mass is 31.2. The van der Waals surface area contributed by atoms with Crippen LogP contribution in [0.3, 0.4) is 0 Å². The van der Waals surface area contributed by atoms with Gasteiger partial charge in [0.15, 0.2) is 0 Å². The summed E-state index contributed by atoms with van der Waals surface area (Å²) in [6, 6.07) is 0. The molecule has 0 aromatic carbocycles. The maximum absolute atomic E-state index is 13.4. The Kier molecular flexibility index (Phi) is 34.6. The molecule has 0 saturated carbocycles. The predicted molar refractivity (Wildman–Crippen MR) is 199 cm³/mol. The first-order valence-corrected chi connectivity index (χ1v) is 21.1. The van der Waals surface area contributed by atoms with Gasteiger partial charge < -0.3 is 5.11 Å². The van der Waals surface area contributed by atoms with Crippen molar-refractivity contribution in [3.8, 4) is 0 Å². The van der Waals surface area contributed by atoms with Gasteiger partial charge in [0, 0.05) is 0 Å². The van der Waals surface area contributed by atoms with Crippen LogP contribution in [0, 0.1) is 0 Å². The molecule has 0 aromatic rings. The molecule has 0 heterocycles. The van der Waals surface area contributed by atoms with Gasteiger partial charge in [0.25, 0.3) is 0 Å². The minimum absolute atomic E-state index is 0.329. The van der Waals surface area contributed by atoms with Crippen LogP contribution in [0.2, 0.25) is 0 Å². The number of carboxylic acid groups (broad SMARTS) is 1. The van der Waals surface area contributed by atoms with Gasteiger partial charge >= 0.3 is 13.7 Å². The van der Waals surface area contributed by atoms with E-state index in [4.69, 9.17) is 9.05 Å². The van der Waals surface area contributed by atoms with Crippen LogP contribution in [0.15, 0.2) is 24.3 Å². The molecule has 0 rings (SSSR count). The Labute approximate surface area is 286 Å². The Morgan fingerprint density at radius 3 is 1.11 bits per heavy atom. The van der Waals surface area contributed by atoms with E-state index in [1.54, 1.807) is 0 Å². The summed E-state index contributed by atoms with van der Waals surface area (Å²) < 4.78 is 26.0. The minimum Gasteiger partial charge on any atom is -0.480 e. The van der Waals surface area contributed by atoms with Gasteiger partial charge in [0.2, 0.25) is 0 Å². The number of allylic oxidation sites excluding steroid dienone is 4. The van der Waals surface area contributed by atoms with Gasteiger partial charge in [-0.05, 0) is 71.3 Å². The molecule has 0 bridgehead atoms. The molecule has 6 nitrogen and oxygen atoms in total. The Bertz CT molecular complexity index is 709. The van der Waals surface area contributed by atoms with Crippen molar-refractivity contribution in [2.45, 2.75) is 194 Å². The number of nitrogens with zero attached hydrogens (tertiary/aromatic N) is 1. The summed E-state index contributed by atoms with van der Waals surface area (Å²) in [7, 11) is -2.09. The zero-order chi connectivity index (χ0) is 33.8. The molecule has 0 amide bonds. The fourth-order valence-electron chi connectivity index (χ4n) is 5.58. The standard InChI is InChI=1S/C39H76NO5P/c1-4-6-8-10-12-14-16-18-20-22-24-26-28-30-32-34-36-44-46(43,40(3)38-39(41)42)45-37-35-33-31-29-27-25-23-21-19-17-15-13-11-9-7-5-2/h18-21H,4-17,22-38H2,1-3H3,(H,41,42)/b20-18-,21-19-. The maximum Gasteiger partial charge on any atom is 0.408 e. The molecule has 0 fully saturated rings. The SMILES string of the molecule is CCCCCCCC/C=C\CCCCCCCCOP(=O)(OCCCCCCCC/C=C\CCCCCCCC)N(C)CC(=O)O. The predicted octanol–water partition coefficient (Wildman–Crippen LogP) is 13.2. The molecule has 0 radical (unpaired) electrons. The topological polar surface area (TPSA) is 76.1 Å². The number of unbranched alkanes of at least 4 members (excludes halogenated alkanes) is 24. The van der Waals surface area contributed by atoms with E-state index in [9.17, 15) is 14.5 Å². The molecule has 0 saturated heterocycles. The highest BCUT2D eigenvalue weighted by Crippen LogP contribution is 2.51. The minimum atomic E-state index is -3.61. The van der Waals surface area contributed by atoms with E-state index >= 15 is 0 Å². The first kappa shape index (κ1) is 45.1. The van der Waals surface area contributed by atoms with Gasteiger partial charge in [-0.1, -0.05) is 154 Å². The monoisotopic (exact) mass is 670 g/mol. The van der Waals surface area contributed by atoms with E-state index in [1.165, 1.54) is 153 Å². The highest BCUT2D eigenvalue weighted by Gasteiger charge is 2.32. The van der Waals surface area contributed by atoms with E-state index in [2.05, 4.69) is 38.2 Å². The van der Waals surface area contributed by atoms with Gasteiger partial charge in [-0.25, -0.2) is 9.24 Å². The van der Waals surface area contributed by atoms with Crippen molar-refractivity contribution in [1.82, 2.24) is 4.67 Å². The van der Waals surface area contributed by atoms with Crippen LogP contribution >= 0.6 is 7.75 Å². The second-order valence-electron chi connectivity index (χ2n) is 13.2. The third-order valence-electron chi connectivity index (χ3n) is 8.60. The van der Waals surface area contributed by atoms with E-state index in [1.807, 2.05) is 0 Å². The van der Waals surface area contributed by atoms with Crippen LogP contribution < -0.4 is 0 Å². The van der Waals surface area contributed by atoms with Crippen molar-refractivity contribution in [3.63, 3.8) is 0 Å². The molecule has 0 spiro atoms. The van der Waals surface area contributed by atoms with Crippen LogP contribution in [0.4, 0.5) is 0 Å². The molecule has 1 N–H and O–H groups in total. The Morgan fingerprint density at radius 2 is 0.804 bits per heavy atom. The zero-order valence-electron chi connectivity index (χ0n) is 30.7. The first-order valence-electron chi connectivity index (χ1n) is 19.6. The molecule has 272 valence electrons. The third-order valence-corrected chi connectivity index (χ3v) is 10.6. The lowest BCUT2D eigenvalue weighted by Gasteiger charge is -2.25. The molecular weight excluding hydrogens is 593 g/mol. The van der Waals surface area contributed by atoms with E-state index in [0.29, 0.717) is 13.2 Å². The molecule has 0 aliphatic rings. The highest BCUT2D eigenvalue weighted by molar-refractivity contribution is 7.51. The van der Waals surface area contributed by atoms with Crippen molar-refractivity contribution in [3.05, 3.63) is 24.3 Å². The fourth-order valence-corrected chi connectivity index (χ4v) is 7.06. The van der Waals surface area contributed by atoms with Crippen molar-refractivity contribution >= 4 is 13.7 Å². The smallest absolute Gasteiger partial charge is 0.408 e. The molecule has 7 heteroatoms. The van der Waals surface area contributed by atoms with Crippen LogP contribution in [0.1, 0.15) is 194 Å². The van der Waals surface area contributed by atoms with E-state index in [0.717, 1.165) is 38.5 Å². The second-order valence-corrected chi connectivity index (χ2v) is 15.4. The lowest BCUT2D eigenvalue weighted by molar-refractivity contribution is -0.137. The quantitative estimate of drug-likeness (QED) is 0.0403. The molecule has 0 aliphatic carbocycles. The second kappa shape index (κ2) is 35.4. The van der Waals surface area contributed by atoms with Crippen LogP contribution in [0.25, 0.3) is 0 Å². The Morgan fingerprint density at radius 1 is 0.522 bits per heavy atom. The molecule has 0 aliphatic heterocycles. The summed E-state index contributed by atoms with van der Waals surface area (Å²) in [6.07, 6.45) is 43.8. The lowest BCUT2D eigenvalue weighted by atomic mass is 10.1. The number of carbonyl (C=O) groups is 1. The lowest BCUT2D eigenvalue weighted by Crippen LogP contribution is -2.25. The summed E-state index contributed by atoms with van der Waals surface area (Å²) in [5.74, 6) is -1.04. The molecular formula is C39H76NO5P. The number of hydrogen-bond acceptors (Lipinski definition) is 4. The Balaban J connectivity index is 3.89. The maximum atomic E-state index is 13.4. The molecule has 46 heavy (non-hydrogen) atoms. The average molecular weight is 670 g/mol. The van der Waals surface area contributed by atoms with Gasteiger partial charge in [0.1, 0.15) is 6.54 Å². The van der Waals surface area contributed by atoms with Gasteiger partial charge in [0.05, 0.1) is 13.2 Å². The molecule has 0 atom stereocenters. The normalized spacial score (nSPS) is 12.3. The van der Waals surface area contributed by atoms with E-state index in [-0.39, 0.29) is 6.54 Å². The van der Waals surface area contributed by atoms with Crippen LogP contribution in [-0.2, 0) is 18.4 Å². The number of rotatable bonds is 37. The van der Waals surface area contributed by atoms with Gasteiger partial charge in [-0.2, -0.15) is 0 Å². The zero-order valence-corrected chi connectivity index (χ0v) is 31.6. The molecule has 0 aromatic heterocycles. The van der Waals surface area contributed by atoms with Crippen LogP contribution in [-0.4, -0.2) is 42.6 Å². The summed E-state index contributed by atoms with van der Waals surface area (Å²) in [5, 5.41) is 9.21. The summed E-state index contributed by atoms with van der Waals surface area (Å²) in [4.78, 5) is 11.2. The van der Waals surface area contributed by atoms with Crippen molar-refractivity contribution < 1.29 is 23.5 Å². The summed E-state index contributed by atoms with van der Waals surface area (Å²) in [5.41, 5.74) is 0. The number of likely N-dealkylation sites (N-methyl/N-ethyl adjacent to an activating group) is 1. The fraction of sp³-hybridized carbons (Fsp3) is 0.872. The van der Waals surface area contributed by atoms with Crippen molar-refractivity contribution in [2.75, 3.05) is 26.8 Å². The summed E-state index contributed by atoms with van der Waals surface area (Å²) >= 11 is 0. The van der Waals surface area contributed by atoms with E-state index < -0.39 is 13.7 Å². The van der Waals surface area contributed by atoms with Crippen LogP contribution in [0.5, 0.6) is 0 Å².